The Balaban J connectivity index is 2.02. The fourth-order valence-corrected chi connectivity index (χ4v) is 2.15. The summed E-state index contributed by atoms with van der Waals surface area (Å²) in [5.41, 5.74) is 0.407. The Labute approximate surface area is 105 Å². The van der Waals surface area contributed by atoms with Crippen LogP contribution in [0.15, 0.2) is 18.2 Å². The molecular weight excluding hydrogens is 243 g/mol. The monoisotopic (exact) mass is 256 g/mol. The van der Waals surface area contributed by atoms with Crippen molar-refractivity contribution in [3.05, 3.63) is 34.6 Å². The van der Waals surface area contributed by atoms with Crippen LogP contribution in [0.1, 0.15) is 18.4 Å². The molecule has 0 N–H and O–H groups in total. The lowest BCUT2D eigenvalue weighted by atomic mass is 9.93. The smallest absolute Gasteiger partial charge is 0.142 e. The maximum atomic E-state index is 13.5. The Morgan fingerprint density at radius 1 is 1.53 bits per heavy atom. The minimum Gasteiger partial charge on any atom is -0.381 e. The summed E-state index contributed by atoms with van der Waals surface area (Å²) in [5, 5.41) is 0.347. The fourth-order valence-electron chi connectivity index (χ4n) is 1.99. The average Bonchev–Trinajstić information content (AvgIpc) is 2.34. The number of ether oxygens (including phenoxy) is 1. The van der Waals surface area contributed by atoms with Crippen molar-refractivity contribution in [2.75, 3.05) is 13.2 Å². The summed E-state index contributed by atoms with van der Waals surface area (Å²) in [6.07, 6.45) is 1.87. The van der Waals surface area contributed by atoms with Crippen LogP contribution in [0.3, 0.4) is 0 Å². The molecule has 0 aromatic heterocycles. The summed E-state index contributed by atoms with van der Waals surface area (Å²) < 4.78 is 18.8. The van der Waals surface area contributed by atoms with Gasteiger partial charge < -0.3 is 4.74 Å². The van der Waals surface area contributed by atoms with Gasteiger partial charge in [0.1, 0.15) is 11.6 Å². The van der Waals surface area contributed by atoms with Crippen LogP contribution < -0.4 is 0 Å². The zero-order chi connectivity index (χ0) is 12.3. The van der Waals surface area contributed by atoms with E-state index in [4.69, 9.17) is 16.3 Å². The SMILES string of the molecule is O=C(Cc1ccc(Cl)cc1F)C1CCCOC1. The molecule has 0 saturated carbocycles. The molecule has 17 heavy (non-hydrogen) atoms. The molecule has 1 fully saturated rings. The Kier molecular flexibility index (Phi) is 4.13. The van der Waals surface area contributed by atoms with Gasteiger partial charge in [0.2, 0.25) is 0 Å². The summed E-state index contributed by atoms with van der Waals surface area (Å²) in [5.74, 6) is -0.452. The molecule has 4 heteroatoms. The highest BCUT2D eigenvalue weighted by atomic mass is 35.5. The fraction of sp³-hybridized carbons (Fsp3) is 0.462. The number of hydrogen-bond acceptors (Lipinski definition) is 2. The van der Waals surface area contributed by atoms with Crippen molar-refractivity contribution in [3.8, 4) is 0 Å². The molecule has 2 nitrogen and oxygen atoms in total. The number of hydrogen-bond donors (Lipinski definition) is 0. The maximum Gasteiger partial charge on any atom is 0.142 e. The van der Waals surface area contributed by atoms with E-state index in [1.54, 1.807) is 12.1 Å². The molecule has 0 aliphatic carbocycles. The van der Waals surface area contributed by atoms with Crippen molar-refractivity contribution in [3.63, 3.8) is 0 Å². The zero-order valence-corrected chi connectivity index (χ0v) is 10.2. The quantitative estimate of drug-likeness (QED) is 0.831. The van der Waals surface area contributed by atoms with Crippen LogP contribution in [-0.4, -0.2) is 19.0 Å². The van der Waals surface area contributed by atoms with Gasteiger partial charge in [-0.05, 0) is 30.5 Å². The lowest BCUT2D eigenvalue weighted by Gasteiger charge is -2.20. The van der Waals surface area contributed by atoms with Crippen molar-refractivity contribution in [1.29, 1.82) is 0 Å². The topological polar surface area (TPSA) is 26.3 Å². The molecule has 0 radical (unpaired) electrons. The first-order valence-corrected chi connectivity index (χ1v) is 6.09. The van der Waals surface area contributed by atoms with Crippen LogP contribution >= 0.6 is 11.6 Å². The van der Waals surface area contributed by atoms with Gasteiger partial charge in [0, 0.05) is 24.0 Å². The first kappa shape index (κ1) is 12.5. The van der Waals surface area contributed by atoms with Crippen LogP contribution in [0.4, 0.5) is 4.39 Å². The molecular formula is C13H14ClFO2. The van der Waals surface area contributed by atoms with Gasteiger partial charge >= 0.3 is 0 Å². The highest BCUT2D eigenvalue weighted by Gasteiger charge is 2.22. The first-order valence-electron chi connectivity index (χ1n) is 5.71. The van der Waals surface area contributed by atoms with E-state index < -0.39 is 5.82 Å². The molecule has 1 aliphatic heterocycles. The number of carbonyl (C=O) groups excluding carboxylic acids is 1. The van der Waals surface area contributed by atoms with Crippen molar-refractivity contribution >= 4 is 17.4 Å². The van der Waals surface area contributed by atoms with Gasteiger partial charge in [-0.25, -0.2) is 4.39 Å². The van der Waals surface area contributed by atoms with Crippen molar-refractivity contribution < 1.29 is 13.9 Å². The second kappa shape index (κ2) is 5.61. The summed E-state index contributed by atoms with van der Waals surface area (Å²) in [6, 6.07) is 4.41. The first-order chi connectivity index (χ1) is 8.16. The van der Waals surface area contributed by atoms with E-state index in [0.717, 1.165) is 19.4 Å². The second-order valence-corrected chi connectivity index (χ2v) is 4.73. The summed E-state index contributed by atoms with van der Waals surface area (Å²) in [4.78, 5) is 11.9. The van der Waals surface area contributed by atoms with Crippen LogP contribution in [0, 0.1) is 11.7 Å². The highest BCUT2D eigenvalue weighted by molar-refractivity contribution is 6.30. The molecule has 1 aromatic carbocycles. The summed E-state index contributed by atoms with van der Waals surface area (Å²) in [7, 11) is 0. The summed E-state index contributed by atoms with van der Waals surface area (Å²) in [6.45, 7) is 1.19. The van der Waals surface area contributed by atoms with E-state index in [1.165, 1.54) is 6.07 Å². The number of carbonyl (C=O) groups is 1. The Bertz CT molecular complexity index is 414. The van der Waals surface area contributed by atoms with Gasteiger partial charge in [-0.1, -0.05) is 17.7 Å². The molecule has 1 atom stereocenters. The predicted octanol–water partition coefficient (Wildman–Crippen LogP) is 3.02. The van der Waals surface area contributed by atoms with E-state index in [1.807, 2.05) is 0 Å². The van der Waals surface area contributed by atoms with Crippen LogP contribution in [0.25, 0.3) is 0 Å². The van der Waals surface area contributed by atoms with Crippen molar-refractivity contribution in [1.82, 2.24) is 0 Å². The molecule has 2 rings (SSSR count). The summed E-state index contributed by atoms with van der Waals surface area (Å²) >= 11 is 5.66. The number of benzene rings is 1. The average molecular weight is 257 g/mol. The largest absolute Gasteiger partial charge is 0.381 e. The van der Waals surface area contributed by atoms with E-state index in [2.05, 4.69) is 0 Å². The number of rotatable bonds is 3. The van der Waals surface area contributed by atoms with Gasteiger partial charge in [-0.3, -0.25) is 4.79 Å². The lowest BCUT2D eigenvalue weighted by Crippen LogP contribution is -2.26. The lowest BCUT2D eigenvalue weighted by molar-refractivity contribution is -0.126. The number of Topliss-reactive ketones (excluding diaryl/α,β-unsaturated/α-hetero) is 1. The van der Waals surface area contributed by atoms with Gasteiger partial charge in [0.25, 0.3) is 0 Å². The second-order valence-electron chi connectivity index (χ2n) is 4.29. The Hall–Kier alpha value is -0.930. The van der Waals surface area contributed by atoms with Gasteiger partial charge in [0.05, 0.1) is 6.61 Å². The normalized spacial score (nSPS) is 20.2. The van der Waals surface area contributed by atoms with Crippen LogP contribution in [0.2, 0.25) is 5.02 Å². The number of ketones is 1. The Morgan fingerprint density at radius 3 is 3.00 bits per heavy atom. The van der Waals surface area contributed by atoms with Gasteiger partial charge in [0.15, 0.2) is 0 Å². The van der Waals surface area contributed by atoms with E-state index in [0.29, 0.717) is 17.2 Å². The molecule has 1 aromatic rings. The third-order valence-corrected chi connectivity index (χ3v) is 3.23. The van der Waals surface area contributed by atoms with Gasteiger partial charge in [-0.15, -0.1) is 0 Å². The van der Waals surface area contributed by atoms with E-state index in [9.17, 15) is 9.18 Å². The maximum absolute atomic E-state index is 13.5. The standard InChI is InChI=1S/C13H14ClFO2/c14-11-4-3-9(12(15)7-11)6-13(16)10-2-1-5-17-8-10/h3-4,7,10H,1-2,5-6,8H2. The third kappa shape index (κ3) is 3.27. The van der Waals surface area contributed by atoms with Gasteiger partial charge in [-0.2, -0.15) is 0 Å². The van der Waals surface area contributed by atoms with E-state index >= 15 is 0 Å². The third-order valence-electron chi connectivity index (χ3n) is 3.00. The van der Waals surface area contributed by atoms with E-state index in [-0.39, 0.29) is 18.1 Å². The number of halogens is 2. The molecule has 1 saturated heterocycles. The molecule has 0 spiro atoms. The molecule has 0 amide bonds. The molecule has 1 unspecified atom stereocenters. The minimum absolute atomic E-state index is 0.0472. The molecule has 92 valence electrons. The highest BCUT2D eigenvalue weighted by Crippen LogP contribution is 2.20. The van der Waals surface area contributed by atoms with Crippen LogP contribution in [0.5, 0.6) is 0 Å². The minimum atomic E-state index is -0.414. The molecule has 1 heterocycles. The zero-order valence-electron chi connectivity index (χ0n) is 9.42. The Morgan fingerprint density at radius 2 is 2.35 bits per heavy atom. The predicted molar refractivity (Wildman–Crippen MR) is 63.7 cm³/mol. The molecule has 0 bridgehead atoms. The molecule has 1 aliphatic rings. The van der Waals surface area contributed by atoms with Crippen molar-refractivity contribution in [2.24, 2.45) is 5.92 Å². The van der Waals surface area contributed by atoms with Crippen molar-refractivity contribution in [2.45, 2.75) is 19.3 Å². The van der Waals surface area contributed by atoms with Crippen LogP contribution in [-0.2, 0) is 16.0 Å².